The van der Waals surface area contributed by atoms with E-state index in [9.17, 15) is 4.79 Å². The van der Waals surface area contributed by atoms with Gasteiger partial charge in [-0.25, -0.2) is 4.79 Å². The Kier molecular flexibility index (Phi) is 2.44. The maximum Gasteiger partial charge on any atom is 0.335 e. The predicted molar refractivity (Wildman–Crippen MR) is 43.7 cm³/mol. The standard InChI is InChI=1S/C7H7N3O3/c8-6(10-13)5-3-4(7(11)12)1-2-9-5/h1-3,13H,(H2,8,10)(H,11,12). The van der Waals surface area contributed by atoms with E-state index in [1.807, 2.05) is 0 Å². The lowest BCUT2D eigenvalue weighted by atomic mass is 10.2. The lowest BCUT2D eigenvalue weighted by Crippen LogP contribution is -2.15. The zero-order valence-electron chi connectivity index (χ0n) is 6.51. The van der Waals surface area contributed by atoms with Crippen LogP contribution in [0.5, 0.6) is 0 Å². The zero-order valence-corrected chi connectivity index (χ0v) is 6.51. The molecule has 1 heterocycles. The van der Waals surface area contributed by atoms with E-state index in [0.717, 1.165) is 0 Å². The van der Waals surface area contributed by atoms with E-state index in [-0.39, 0.29) is 17.1 Å². The minimum Gasteiger partial charge on any atom is -0.478 e. The molecule has 0 spiro atoms. The molecule has 1 rings (SSSR count). The summed E-state index contributed by atoms with van der Waals surface area (Å²) in [4.78, 5) is 14.2. The van der Waals surface area contributed by atoms with Crippen molar-refractivity contribution >= 4 is 11.8 Å². The van der Waals surface area contributed by atoms with Crippen LogP contribution < -0.4 is 5.73 Å². The van der Waals surface area contributed by atoms with Crippen LogP contribution in [0.2, 0.25) is 0 Å². The Hall–Kier alpha value is -2.11. The summed E-state index contributed by atoms with van der Waals surface area (Å²) in [5.74, 6) is -1.31. The molecule has 0 aliphatic rings. The van der Waals surface area contributed by atoms with Gasteiger partial charge in [-0.3, -0.25) is 4.98 Å². The topological polar surface area (TPSA) is 109 Å². The Balaban J connectivity index is 3.13. The van der Waals surface area contributed by atoms with E-state index < -0.39 is 5.97 Å². The van der Waals surface area contributed by atoms with Gasteiger partial charge in [0.1, 0.15) is 5.69 Å². The van der Waals surface area contributed by atoms with E-state index in [0.29, 0.717) is 0 Å². The summed E-state index contributed by atoms with van der Waals surface area (Å²) < 4.78 is 0. The average molecular weight is 181 g/mol. The smallest absolute Gasteiger partial charge is 0.335 e. The number of oxime groups is 1. The van der Waals surface area contributed by atoms with Gasteiger partial charge in [-0.15, -0.1) is 0 Å². The Morgan fingerprint density at radius 2 is 2.31 bits per heavy atom. The average Bonchev–Trinajstić information content (AvgIpc) is 2.17. The van der Waals surface area contributed by atoms with Gasteiger partial charge >= 0.3 is 5.97 Å². The second-order valence-corrected chi connectivity index (χ2v) is 2.22. The van der Waals surface area contributed by atoms with Crippen LogP contribution in [0.25, 0.3) is 0 Å². The van der Waals surface area contributed by atoms with Crippen LogP contribution in [0, 0.1) is 0 Å². The Bertz CT molecular complexity index is 362. The van der Waals surface area contributed by atoms with Crippen LogP contribution in [-0.2, 0) is 0 Å². The summed E-state index contributed by atoms with van der Waals surface area (Å²) in [5.41, 5.74) is 5.37. The number of hydrogen-bond acceptors (Lipinski definition) is 4. The highest BCUT2D eigenvalue weighted by Gasteiger charge is 2.06. The number of hydrogen-bond donors (Lipinski definition) is 3. The van der Waals surface area contributed by atoms with Crippen LogP contribution >= 0.6 is 0 Å². The Morgan fingerprint density at radius 3 is 2.85 bits per heavy atom. The number of carbonyl (C=O) groups is 1. The normalized spacial score (nSPS) is 11.2. The fourth-order valence-corrected chi connectivity index (χ4v) is 0.755. The Labute approximate surface area is 73.3 Å². The number of nitrogens with zero attached hydrogens (tertiary/aromatic N) is 2. The summed E-state index contributed by atoms with van der Waals surface area (Å²) >= 11 is 0. The molecule has 6 heteroatoms. The molecule has 0 unspecified atom stereocenters. The molecule has 1 aromatic rings. The minimum atomic E-state index is -1.09. The molecule has 0 fully saturated rings. The van der Waals surface area contributed by atoms with Crippen molar-refractivity contribution in [2.45, 2.75) is 0 Å². The van der Waals surface area contributed by atoms with Crippen molar-refractivity contribution in [3.8, 4) is 0 Å². The molecule has 0 atom stereocenters. The van der Waals surface area contributed by atoms with E-state index in [1.54, 1.807) is 0 Å². The number of aromatic nitrogens is 1. The van der Waals surface area contributed by atoms with E-state index in [1.165, 1.54) is 18.3 Å². The van der Waals surface area contributed by atoms with Crippen molar-refractivity contribution < 1.29 is 15.1 Å². The molecule has 0 saturated heterocycles. The minimum absolute atomic E-state index is 0.0385. The summed E-state index contributed by atoms with van der Waals surface area (Å²) in [6.45, 7) is 0. The van der Waals surface area contributed by atoms with Gasteiger partial charge in [0.05, 0.1) is 5.56 Å². The zero-order chi connectivity index (χ0) is 9.84. The molecule has 13 heavy (non-hydrogen) atoms. The molecule has 0 aliphatic heterocycles. The highest BCUT2D eigenvalue weighted by Crippen LogP contribution is 2.01. The molecule has 0 saturated carbocycles. The first kappa shape index (κ1) is 8.98. The van der Waals surface area contributed by atoms with Crippen molar-refractivity contribution in [3.63, 3.8) is 0 Å². The number of carboxylic acid groups (broad SMARTS) is 1. The number of pyridine rings is 1. The number of nitrogens with two attached hydrogens (primary N) is 1. The van der Waals surface area contributed by atoms with Crippen LogP contribution in [0.15, 0.2) is 23.5 Å². The molecule has 0 aliphatic carbocycles. The summed E-state index contributed by atoms with van der Waals surface area (Å²) in [7, 11) is 0. The number of carboxylic acids is 1. The van der Waals surface area contributed by atoms with Crippen molar-refractivity contribution in [1.82, 2.24) is 4.98 Å². The second kappa shape index (κ2) is 3.53. The molecule has 1 aromatic heterocycles. The van der Waals surface area contributed by atoms with Gasteiger partial charge in [-0.2, -0.15) is 0 Å². The van der Waals surface area contributed by atoms with Gasteiger partial charge in [0.25, 0.3) is 0 Å². The lowest BCUT2D eigenvalue weighted by molar-refractivity contribution is 0.0696. The first-order chi connectivity index (χ1) is 6.15. The number of amidine groups is 1. The molecule has 0 radical (unpaired) electrons. The van der Waals surface area contributed by atoms with Crippen molar-refractivity contribution in [2.24, 2.45) is 10.9 Å². The number of rotatable bonds is 2. The van der Waals surface area contributed by atoms with Gasteiger partial charge in [0, 0.05) is 6.20 Å². The van der Waals surface area contributed by atoms with Crippen LogP contribution in [0.1, 0.15) is 16.1 Å². The van der Waals surface area contributed by atoms with Crippen LogP contribution in [-0.4, -0.2) is 27.1 Å². The molecule has 4 N–H and O–H groups in total. The summed E-state index contributed by atoms with van der Waals surface area (Å²) in [5, 5.41) is 19.6. The second-order valence-electron chi connectivity index (χ2n) is 2.22. The molecule has 0 bridgehead atoms. The first-order valence-corrected chi connectivity index (χ1v) is 3.32. The highest BCUT2D eigenvalue weighted by molar-refractivity contribution is 5.97. The molecule has 68 valence electrons. The monoisotopic (exact) mass is 181 g/mol. The van der Waals surface area contributed by atoms with Crippen LogP contribution in [0.3, 0.4) is 0 Å². The van der Waals surface area contributed by atoms with Gasteiger partial charge in [0.2, 0.25) is 0 Å². The number of aromatic carboxylic acids is 1. The van der Waals surface area contributed by atoms with Crippen LogP contribution in [0.4, 0.5) is 0 Å². The SMILES string of the molecule is N/C(=N/O)c1cc(C(=O)O)ccn1. The van der Waals surface area contributed by atoms with Gasteiger partial charge in [-0.05, 0) is 12.1 Å². The van der Waals surface area contributed by atoms with Gasteiger partial charge < -0.3 is 16.0 Å². The highest BCUT2D eigenvalue weighted by atomic mass is 16.4. The molecule has 0 amide bonds. The van der Waals surface area contributed by atoms with Crippen molar-refractivity contribution in [2.75, 3.05) is 0 Å². The van der Waals surface area contributed by atoms with Gasteiger partial charge in [0.15, 0.2) is 5.84 Å². The van der Waals surface area contributed by atoms with Crippen molar-refractivity contribution in [3.05, 3.63) is 29.6 Å². The molecular weight excluding hydrogens is 174 g/mol. The first-order valence-electron chi connectivity index (χ1n) is 3.32. The molecular formula is C7H7N3O3. The third-order valence-electron chi connectivity index (χ3n) is 1.38. The van der Waals surface area contributed by atoms with Crippen molar-refractivity contribution in [1.29, 1.82) is 0 Å². The third kappa shape index (κ3) is 1.92. The van der Waals surface area contributed by atoms with E-state index >= 15 is 0 Å². The third-order valence-corrected chi connectivity index (χ3v) is 1.38. The summed E-state index contributed by atoms with van der Waals surface area (Å²) in [6.07, 6.45) is 1.27. The lowest BCUT2D eigenvalue weighted by Gasteiger charge is -1.98. The maximum atomic E-state index is 10.5. The quantitative estimate of drug-likeness (QED) is 0.255. The van der Waals surface area contributed by atoms with Gasteiger partial charge in [-0.1, -0.05) is 5.16 Å². The summed E-state index contributed by atoms with van der Waals surface area (Å²) in [6, 6.07) is 2.54. The molecule has 6 nitrogen and oxygen atoms in total. The maximum absolute atomic E-state index is 10.5. The fraction of sp³-hybridized carbons (Fsp3) is 0. The largest absolute Gasteiger partial charge is 0.478 e. The molecule has 0 aromatic carbocycles. The van der Waals surface area contributed by atoms with E-state index in [2.05, 4.69) is 10.1 Å². The van der Waals surface area contributed by atoms with E-state index in [4.69, 9.17) is 16.0 Å². The predicted octanol–water partition coefficient (Wildman–Crippen LogP) is -0.126. The fourth-order valence-electron chi connectivity index (χ4n) is 0.755. The Morgan fingerprint density at radius 1 is 1.62 bits per heavy atom.